The Bertz CT molecular complexity index is 1470. The minimum atomic E-state index is -3.52. The van der Waals surface area contributed by atoms with Gasteiger partial charge in [-0.2, -0.15) is 0 Å². The van der Waals surface area contributed by atoms with Gasteiger partial charge in [0.2, 0.25) is 10.0 Å². The number of ketones is 1. The summed E-state index contributed by atoms with van der Waals surface area (Å²) < 4.78 is 27.7. The molecular weight excluding hydrogens is 442 g/mol. The second-order valence-electron chi connectivity index (χ2n) is 8.92. The molecule has 34 heavy (non-hydrogen) atoms. The van der Waals surface area contributed by atoms with E-state index in [4.69, 9.17) is 0 Å². The number of carbonyl (C=O) groups excluding carboxylic acids is 1. The van der Waals surface area contributed by atoms with Gasteiger partial charge in [-0.25, -0.2) is 13.1 Å². The molecule has 172 valence electrons. The summed E-state index contributed by atoms with van der Waals surface area (Å²) in [5, 5.41) is 2.23. The van der Waals surface area contributed by atoms with Gasteiger partial charge in [0, 0.05) is 23.6 Å². The van der Waals surface area contributed by atoms with Crippen LogP contribution < -0.4 is 4.72 Å². The van der Waals surface area contributed by atoms with E-state index in [1.54, 1.807) is 24.3 Å². The molecule has 1 N–H and O–H groups in total. The van der Waals surface area contributed by atoms with Crippen molar-refractivity contribution in [1.29, 1.82) is 0 Å². The Morgan fingerprint density at radius 1 is 0.794 bits per heavy atom. The lowest BCUT2D eigenvalue weighted by Gasteiger charge is -2.28. The second-order valence-corrected chi connectivity index (χ2v) is 10.7. The van der Waals surface area contributed by atoms with Crippen molar-refractivity contribution in [1.82, 2.24) is 4.72 Å². The lowest BCUT2D eigenvalue weighted by Crippen LogP contribution is -2.25. The lowest BCUT2D eigenvalue weighted by molar-refractivity contribution is 0.0952. The van der Waals surface area contributed by atoms with Gasteiger partial charge in [0.05, 0.1) is 4.90 Å². The van der Waals surface area contributed by atoms with Crippen LogP contribution in [0.1, 0.15) is 46.7 Å². The molecule has 4 aromatic rings. The Labute approximate surface area is 200 Å². The Kier molecular flexibility index (Phi) is 6.07. The maximum atomic E-state index is 13.5. The molecule has 1 atom stereocenters. The summed E-state index contributed by atoms with van der Waals surface area (Å²) in [5.74, 6) is -0.0572. The molecule has 0 radical (unpaired) electrons. The number of hydrogen-bond acceptors (Lipinski definition) is 3. The van der Waals surface area contributed by atoms with E-state index in [-0.39, 0.29) is 16.6 Å². The predicted molar refractivity (Wildman–Crippen MR) is 137 cm³/mol. The van der Waals surface area contributed by atoms with Crippen molar-refractivity contribution in [2.75, 3.05) is 6.54 Å². The summed E-state index contributed by atoms with van der Waals surface area (Å²) in [6.07, 6.45) is 2.11. The summed E-state index contributed by atoms with van der Waals surface area (Å²) in [7, 11) is -3.52. The first-order chi connectivity index (χ1) is 16.5. The van der Waals surface area contributed by atoms with Gasteiger partial charge in [-0.15, -0.1) is 0 Å². The van der Waals surface area contributed by atoms with Crippen LogP contribution in [0.25, 0.3) is 21.9 Å². The summed E-state index contributed by atoms with van der Waals surface area (Å²) in [6.45, 7) is 2.27. The molecule has 1 unspecified atom stereocenters. The van der Waals surface area contributed by atoms with Crippen molar-refractivity contribution < 1.29 is 13.2 Å². The van der Waals surface area contributed by atoms with Crippen LogP contribution in [0.4, 0.5) is 0 Å². The molecule has 5 rings (SSSR count). The van der Waals surface area contributed by atoms with Crippen molar-refractivity contribution in [3.05, 3.63) is 102 Å². The fourth-order valence-electron chi connectivity index (χ4n) is 4.89. The molecule has 0 fully saturated rings. The van der Waals surface area contributed by atoms with Crippen LogP contribution in [0.2, 0.25) is 0 Å². The summed E-state index contributed by atoms with van der Waals surface area (Å²) in [4.78, 5) is 13.8. The normalized spacial score (nSPS) is 15.2. The average molecular weight is 470 g/mol. The third-order valence-corrected chi connectivity index (χ3v) is 8.14. The van der Waals surface area contributed by atoms with Gasteiger partial charge < -0.3 is 0 Å². The Hall–Kier alpha value is -3.28. The molecule has 4 aromatic carbocycles. The van der Waals surface area contributed by atoms with Crippen LogP contribution in [0.5, 0.6) is 0 Å². The van der Waals surface area contributed by atoms with Crippen LogP contribution in [0.3, 0.4) is 0 Å². The zero-order chi connectivity index (χ0) is 23.7. The Morgan fingerprint density at radius 2 is 1.53 bits per heavy atom. The molecule has 0 aliphatic heterocycles. The number of fused-ring (bicyclic) bond motifs is 5. The number of carbonyl (C=O) groups is 1. The van der Waals surface area contributed by atoms with Crippen molar-refractivity contribution >= 4 is 26.6 Å². The molecule has 0 bridgehead atoms. The first kappa shape index (κ1) is 22.5. The highest BCUT2D eigenvalue weighted by Gasteiger charge is 2.32. The van der Waals surface area contributed by atoms with E-state index < -0.39 is 10.0 Å². The molecule has 0 spiro atoms. The van der Waals surface area contributed by atoms with Gasteiger partial charge in [0.25, 0.3) is 0 Å². The fourth-order valence-corrected chi connectivity index (χ4v) is 5.97. The average Bonchev–Trinajstić information content (AvgIpc) is 2.85. The molecule has 0 aromatic heterocycles. The van der Waals surface area contributed by atoms with E-state index in [1.165, 1.54) is 0 Å². The SMILES string of the molecule is Cc1ccc(S(=O)(=O)NCCCCC2C(=O)c3ccc4ccccc4c3-c3ccccc32)cc1. The van der Waals surface area contributed by atoms with Crippen molar-refractivity contribution in [2.24, 2.45) is 0 Å². The molecule has 1 aliphatic rings. The van der Waals surface area contributed by atoms with Crippen LogP contribution in [0.15, 0.2) is 89.8 Å². The van der Waals surface area contributed by atoms with Crippen molar-refractivity contribution in [3.63, 3.8) is 0 Å². The Balaban J connectivity index is 1.30. The number of Topliss-reactive ketones (excluding diaryl/α,β-unsaturated/α-hetero) is 1. The number of rotatable bonds is 7. The van der Waals surface area contributed by atoms with Crippen LogP contribution in [-0.4, -0.2) is 20.7 Å². The standard InChI is InChI=1S/C29H27NO3S/c1-20-13-16-22(17-14-20)34(32,33)30-19-7-6-12-26-24-10-4-5-11-25(24)28-23-9-3-2-8-21(23)15-18-27(28)29(26)31/h2-5,8-11,13-18,26,30H,6-7,12,19H2,1H3. The highest BCUT2D eigenvalue weighted by Crippen LogP contribution is 2.44. The number of sulfonamides is 1. The monoisotopic (exact) mass is 469 g/mol. The van der Waals surface area contributed by atoms with E-state index in [1.807, 2.05) is 43.3 Å². The summed E-state index contributed by atoms with van der Waals surface area (Å²) in [6, 6.07) is 27.2. The molecule has 0 saturated carbocycles. The Morgan fingerprint density at radius 3 is 2.35 bits per heavy atom. The number of hydrogen-bond donors (Lipinski definition) is 1. The lowest BCUT2D eigenvalue weighted by atomic mass is 9.74. The highest BCUT2D eigenvalue weighted by atomic mass is 32.2. The highest BCUT2D eigenvalue weighted by molar-refractivity contribution is 7.89. The molecule has 1 aliphatic carbocycles. The number of aryl methyl sites for hydroxylation is 1. The van der Waals surface area contributed by atoms with E-state index in [9.17, 15) is 13.2 Å². The quantitative estimate of drug-likeness (QED) is 0.326. The van der Waals surface area contributed by atoms with Crippen LogP contribution in [0, 0.1) is 6.92 Å². The van der Waals surface area contributed by atoms with Gasteiger partial charge in [-0.05, 0) is 53.8 Å². The molecule has 5 heteroatoms. The maximum Gasteiger partial charge on any atom is 0.240 e. The van der Waals surface area contributed by atoms with Gasteiger partial charge in [0.15, 0.2) is 5.78 Å². The predicted octanol–water partition coefficient (Wildman–Crippen LogP) is 6.24. The molecule has 4 nitrogen and oxygen atoms in total. The smallest absolute Gasteiger partial charge is 0.240 e. The molecule has 0 heterocycles. The first-order valence-corrected chi connectivity index (χ1v) is 13.2. The van der Waals surface area contributed by atoms with Crippen LogP contribution >= 0.6 is 0 Å². The maximum absolute atomic E-state index is 13.5. The van der Waals surface area contributed by atoms with Crippen LogP contribution in [-0.2, 0) is 10.0 Å². The van der Waals surface area contributed by atoms with Crippen molar-refractivity contribution in [3.8, 4) is 11.1 Å². The third-order valence-electron chi connectivity index (χ3n) is 6.66. The van der Waals surface area contributed by atoms with Gasteiger partial charge >= 0.3 is 0 Å². The molecule has 0 saturated heterocycles. The zero-order valence-electron chi connectivity index (χ0n) is 19.1. The van der Waals surface area contributed by atoms with Gasteiger partial charge in [-0.1, -0.05) is 84.8 Å². The van der Waals surface area contributed by atoms with Gasteiger partial charge in [-0.3, -0.25) is 4.79 Å². The zero-order valence-corrected chi connectivity index (χ0v) is 19.9. The summed E-state index contributed by atoms with van der Waals surface area (Å²) in [5.41, 5.74) is 5.02. The second kappa shape index (κ2) is 9.16. The minimum absolute atomic E-state index is 0.152. The number of unbranched alkanes of at least 4 members (excludes halogenated alkanes) is 1. The molecule has 0 amide bonds. The summed E-state index contributed by atoms with van der Waals surface area (Å²) >= 11 is 0. The molecular formula is C29H27NO3S. The van der Waals surface area contributed by atoms with E-state index in [2.05, 4.69) is 29.0 Å². The topological polar surface area (TPSA) is 63.2 Å². The third kappa shape index (κ3) is 4.17. The van der Waals surface area contributed by atoms with Gasteiger partial charge in [0.1, 0.15) is 0 Å². The first-order valence-electron chi connectivity index (χ1n) is 11.7. The van der Waals surface area contributed by atoms with Crippen molar-refractivity contribution in [2.45, 2.75) is 37.0 Å². The fraction of sp³-hybridized carbons (Fsp3) is 0.207. The largest absolute Gasteiger partial charge is 0.293 e. The van der Waals surface area contributed by atoms with E-state index in [0.717, 1.165) is 45.0 Å². The number of nitrogens with one attached hydrogen (secondary N) is 1. The van der Waals surface area contributed by atoms with E-state index >= 15 is 0 Å². The van der Waals surface area contributed by atoms with E-state index in [0.29, 0.717) is 19.4 Å². The minimum Gasteiger partial charge on any atom is -0.293 e. The number of benzene rings is 4.